The molecule has 0 saturated heterocycles. The van der Waals surface area contributed by atoms with Gasteiger partial charge in [0.2, 0.25) is 17.6 Å². The molecule has 41 heavy (non-hydrogen) atoms. The van der Waals surface area contributed by atoms with E-state index in [1.54, 1.807) is 18.0 Å². The molecule has 198 valence electrons. The van der Waals surface area contributed by atoms with Crippen LogP contribution in [0.1, 0.15) is 28.3 Å². The maximum Gasteiger partial charge on any atom is 0.230 e. The SMILES string of the molecule is COc1ccc([C@H]2c3c(C)nn(-c4ccccc4)c3Oc3ncn4nc(-c5ccc6ccccc6n5)nc4c32)cc1. The predicted octanol–water partition coefficient (Wildman–Crippen LogP) is 6.13. The quantitative estimate of drug-likeness (QED) is 0.267. The molecule has 1 aliphatic rings. The van der Waals surface area contributed by atoms with Crippen molar-refractivity contribution in [3.05, 3.63) is 120 Å². The third-order valence-corrected chi connectivity index (χ3v) is 7.50. The van der Waals surface area contributed by atoms with Crippen molar-refractivity contribution in [1.29, 1.82) is 0 Å². The van der Waals surface area contributed by atoms with E-state index in [4.69, 9.17) is 34.6 Å². The average molecular weight is 538 g/mol. The van der Waals surface area contributed by atoms with Gasteiger partial charge in [0.1, 0.15) is 17.8 Å². The van der Waals surface area contributed by atoms with Gasteiger partial charge in [-0.25, -0.2) is 24.1 Å². The molecule has 9 heteroatoms. The highest BCUT2D eigenvalue weighted by Crippen LogP contribution is 2.49. The zero-order chi connectivity index (χ0) is 27.5. The molecule has 0 radical (unpaired) electrons. The minimum atomic E-state index is -0.255. The normalized spacial score (nSPS) is 14.0. The van der Waals surface area contributed by atoms with Crippen molar-refractivity contribution in [2.75, 3.05) is 7.11 Å². The van der Waals surface area contributed by atoms with E-state index < -0.39 is 0 Å². The van der Waals surface area contributed by atoms with Crippen LogP contribution in [-0.4, -0.2) is 41.5 Å². The number of benzene rings is 3. The molecule has 0 N–H and O–H groups in total. The minimum absolute atomic E-state index is 0.255. The standard InChI is InChI=1S/C32H23N7O2/c1-19-26-27(21-12-15-23(40-2)16-13-21)28-30-35-29(25-17-14-20-8-6-7-11-24(20)34-25)37-38(30)18-33-31(28)41-32(26)39(36-19)22-9-4-3-5-10-22/h3-18,27H,1-2H3/t27-/m0/s1. The van der Waals surface area contributed by atoms with Gasteiger partial charge in [0.15, 0.2) is 5.65 Å². The lowest BCUT2D eigenvalue weighted by atomic mass is 9.84. The average Bonchev–Trinajstić information content (AvgIpc) is 3.61. The number of aromatic nitrogens is 7. The number of hydrogen-bond donors (Lipinski definition) is 0. The van der Waals surface area contributed by atoms with Gasteiger partial charge in [-0.05, 0) is 48.9 Å². The van der Waals surface area contributed by atoms with E-state index in [0.717, 1.165) is 44.7 Å². The van der Waals surface area contributed by atoms with Crippen LogP contribution in [0.25, 0.3) is 33.8 Å². The van der Waals surface area contributed by atoms with E-state index in [-0.39, 0.29) is 5.92 Å². The van der Waals surface area contributed by atoms with Crippen molar-refractivity contribution in [2.24, 2.45) is 0 Å². The van der Waals surface area contributed by atoms with Crippen LogP contribution in [0, 0.1) is 6.92 Å². The zero-order valence-corrected chi connectivity index (χ0v) is 22.3. The molecule has 0 spiro atoms. The van der Waals surface area contributed by atoms with Gasteiger partial charge < -0.3 is 9.47 Å². The van der Waals surface area contributed by atoms with Crippen molar-refractivity contribution in [2.45, 2.75) is 12.8 Å². The maximum atomic E-state index is 6.53. The van der Waals surface area contributed by atoms with Crippen LogP contribution in [0.5, 0.6) is 17.5 Å². The number of aryl methyl sites for hydroxylation is 1. The van der Waals surface area contributed by atoms with Gasteiger partial charge in [-0.3, -0.25) is 0 Å². The lowest BCUT2D eigenvalue weighted by molar-refractivity contribution is 0.402. The Hall–Kier alpha value is -5.57. The lowest BCUT2D eigenvalue weighted by Gasteiger charge is -2.26. The topological polar surface area (TPSA) is 92.2 Å². The second kappa shape index (κ2) is 8.99. The van der Waals surface area contributed by atoms with Crippen molar-refractivity contribution in [1.82, 2.24) is 34.3 Å². The van der Waals surface area contributed by atoms with Crippen molar-refractivity contribution in [3.8, 4) is 34.7 Å². The molecule has 0 unspecified atom stereocenters. The van der Waals surface area contributed by atoms with Crippen molar-refractivity contribution in [3.63, 3.8) is 0 Å². The molecule has 4 aromatic heterocycles. The Kier molecular flexibility index (Phi) is 5.11. The fourth-order valence-electron chi connectivity index (χ4n) is 5.55. The zero-order valence-electron chi connectivity index (χ0n) is 22.3. The lowest BCUT2D eigenvalue weighted by Crippen LogP contribution is -2.16. The minimum Gasteiger partial charge on any atom is -0.497 e. The van der Waals surface area contributed by atoms with E-state index in [2.05, 4.69) is 12.1 Å². The number of nitrogens with zero attached hydrogens (tertiary/aromatic N) is 7. The summed E-state index contributed by atoms with van der Waals surface area (Å²) in [5.41, 5.74) is 6.80. The molecule has 9 nitrogen and oxygen atoms in total. The first-order chi connectivity index (χ1) is 20.2. The molecule has 3 aromatic carbocycles. The summed E-state index contributed by atoms with van der Waals surface area (Å²) in [7, 11) is 1.66. The Morgan fingerprint density at radius 2 is 1.61 bits per heavy atom. The number of para-hydroxylation sites is 2. The summed E-state index contributed by atoms with van der Waals surface area (Å²) in [5, 5.41) is 10.7. The third kappa shape index (κ3) is 3.66. The fourth-order valence-corrected chi connectivity index (χ4v) is 5.55. The molecule has 0 aliphatic carbocycles. The summed E-state index contributed by atoms with van der Waals surface area (Å²) >= 11 is 0. The highest BCUT2D eigenvalue weighted by molar-refractivity contribution is 5.81. The Labute approximate surface area is 234 Å². The largest absolute Gasteiger partial charge is 0.497 e. The van der Waals surface area contributed by atoms with Gasteiger partial charge in [-0.2, -0.15) is 5.10 Å². The van der Waals surface area contributed by atoms with Crippen LogP contribution in [0.3, 0.4) is 0 Å². The third-order valence-electron chi connectivity index (χ3n) is 7.50. The Morgan fingerprint density at radius 3 is 2.44 bits per heavy atom. The van der Waals surface area contributed by atoms with Gasteiger partial charge in [0.25, 0.3) is 0 Å². The second-order valence-corrected chi connectivity index (χ2v) is 9.92. The first-order valence-electron chi connectivity index (χ1n) is 13.3. The molecule has 0 amide bonds. The Bertz CT molecular complexity index is 2080. The highest BCUT2D eigenvalue weighted by atomic mass is 16.5. The van der Waals surface area contributed by atoms with Crippen LogP contribution < -0.4 is 9.47 Å². The van der Waals surface area contributed by atoms with Gasteiger partial charge in [0, 0.05) is 5.39 Å². The molecule has 0 saturated carbocycles. The molecule has 1 aliphatic heterocycles. The number of rotatable bonds is 4. The smallest absolute Gasteiger partial charge is 0.230 e. The van der Waals surface area contributed by atoms with Crippen LogP contribution in [0.15, 0.2) is 97.3 Å². The van der Waals surface area contributed by atoms with Gasteiger partial charge in [0.05, 0.1) is 41.1 Å². The van der Waals surface area contributed by atoms with Gasteiger partial charge in [-0.15, -0.1) is 5.10 Å². The molecule has 5 heterocycles. The Morgan fingerprint density at radius 1 is 0.805 bits per heavy atom. The maximum absolute atomic E-state index is 6.53. The first kappa shape index (κ1) is 23.3. The fraction of sp³-hybridized carbons (Fsp3) is 0.0938. The molecule has 0 fully saturated rings. The molecular weight excluding hydrogens is 514 g/mol. The molecule has 8 rings (SSSR count). The van der Waals surface area contributed by atoms with E-state index >= 15 is 0 Å². The number of pyridine rings is 1. The number of hydrogen-bond acceptors (Lipinski definition) is 7. The second-order valence-electron chi connectivity index (χ2n) is 9.92. The summed E-state index contributed by atoms with van der Waals surface area (Å²) in [6.45, 7) is 2.00. The number of ether oxygens (including phenoxy) is 2. The van der Waals surface area contributed by atoms with Crippen LogP contribution >= 0.6 is 0 Å². The summed E-state index contributed by atoms with van der Waals surface area (Å²) in [6, 6.07) is 30.0. The van der Waals surface area contributed by atoms with Gasteiger partial charge in [-0.1, -0.05) is 54.6 Å². The predicted molar refractivity (Wildman–Crippen MR) is 154 cm³/mol. The van der Waals surface area contributed by atoms with Crippen molar-refractivity contribution < 1.29 is 9.47 Å². The highest BCUT2D eigenvalue weighted by Gasteiger charge is 2.38. The van der Waals surface area contributed by atoms with Crippen LogP contribution in [0.2, 0.25) is 0 Å². The van der Waals surface area contributed by atoms with Crippen LogP contribution in [-0.2, 0) is 0 Å². The summed E-state index contributed by atoms with van der Waals surface area (Å²) in [4.78, 5) is 14.5. The first-order valence-corrected chi connectivity index (χ1v) is 13.3. The monoisotopic (exact) mass is 537 g/mol. The van der Waals surface area contributed by atoms with Crippen LogP contribution in [0.4, 0.5) is 0 Å². The summed E-state index contributed by atoms with van der Waals surface area (Å²) < 4.78 is 15.5. The van der Waals surface area contributed by atoms with Crippen molar-refractivity contribution >= 4 is 16.6 Å². The number of fused-ring (bicyclic) bond motifs is 5. The summed E-state index contributed by atoms with van der Waals surface area (Å²) in [6.07, 6.45) is 1.64. The van der Waals surface area contributed by atoms with Gasteiger partial charge >= 0.3 is 0 Å². The number of methoxy groups -OCH3 is 1. The van der Waals surface area contributed by atoms with E-state index in [9.17, 15) is 0 Å². The van der Waals surface area contributed by atoms with E-state index in [1.165, 1.54) is 0 Å². The van der Waals surface area contributed by atoms with E-state index in [1.807, 2.05) is 90.5 Å². The summed E-state index contributed by atoms with van der Waals surface area (Å²) in [5.74, 6) is 2.14. The molecular formula is C32H23N7O2. The Balaban J connectivity index is 1.35. The molecule has 7 aromatic rings. The van der Waals surface area contributed by atoms with E-state index in [0.29, 0.717) is 28.9 Å². The molecule has 0 bridgehead atoms. The molecule has 1 atom stereocenters.